The predicted molar refractivity (Wildman–Crippen MR) is 92.7 cm³/mol. The molecule has 1 atom stereocenters. The monoisotopic (exact) mass is 416 g/mol. The predicted octanol–water partition coefficient (Wildman–Crippen LogP) is 2.05. The van der Waals surface area contributed by atoms with Crippen molar-refractivity contribution in [2.45, 2.75) is 25.9 Å². The first kappa shape index (κ1) is 17.2. The highest BCUT2D eigenvalue weighted by Crippen LogP contribution is 2.13. The smallest absolute Gasteiger partial charge is 0.252 e. The van der Waals surface area contributed by atoms with Crippen LogP contribution >= 0.6 is 22.6 Å². The van der Waals surface area contributed by atoms with Crippen molar-refractivity contribution < 1.29 is 14.3 Å². The van der Waals surface area contributed by atoms with Gasteiger partial charge in [0, 0.05) is 23.3 Å². The van der Waals surface area contributed by atoms with E-state index < -0.39 is 0 Å². The quantitative estimate of drug-likeness (QED) is 0.723. The maximum absolute atomic E-state index is 12.2. The zero-order chi connectivity index (χ0) is 15.9. The Bertz CT molecular complexity index is 530. The maximum Gasteiger partial charge on any atom is 0.252 e. The highest BCUT2D eigenvalue weighted by molar-refractivity contribution is 14.1. The van der Waals surface area contributed by atoms with Gasteiger partial charge in [-0.1, -0.05) is 12.1 Å². The van der Waals surface area contributed by atoms with E-state index in [1.807, 2.05) is 25.1 Å². The number of carbonyl (C=O) groups is 2. The average molecular weight is 416 g/mol. The van der Waals surface area contributed by atoms with Crippen molar-refractivity contribution in [2.24, 2.45) is 0 Å². The minimum absolute atomic E-state index is 0.0182. The fourth-order valence-corrected chi connectivity index (χ4v) is 3.08. The molecule has 1 aromatic carbocycles. The number of halogens is 1. The average Bonchev–Trinajstić information content (AvgIpc) is 3.03. The Morgan fingerprint density at radius 1 is 1.41 bits per heavy atom. The standard InChI is InChI=1S/C16H21IN2O3/c1-2-19(11-12-6-5-9-22-12)15(20)10-18-16(21)13-7-3-4-8-14(13)17/h3-4,7-8,12H,2,5-6,9-11H2,1H3,(H,18,21). The van der Waals surface area contributed by atoms with Crippen molar-refractivity contribution in [3.63, 3.8) is 0 Å². The number of nitrogens with zero attached hydrogens (tertiary/aromatic N) is 1. The summed E-state index contributed by atoms with van der Waals surface area (Å²) in [5.41, 5.74) is 0.595. The van der Waals surface area contributed by atoms with Crippen molar-refractivity contribution in [2.75, 3.05) is 26.2 Å². The molecule has 6 heteroatoms. The summed E-state index contributed by atoms with van der Waals surface area (Å²) in [6.07, 6.45) is 2.19. The molecular formula is C16H21IN2O3. The third-order valence-corrected chi connectivity index (χ3v) is 4.64. The van der Waals surface area contributed by atoms with Gasteiger partial charge in [-0.05, 0) is 54.5 Å². The molecule has 0 spiro atoms. The second-order valence-corrected chi connectivity index (χ2v) is 6.39. The molecule has 1 aliphatic rings. The molecule has 2 rings (SSSR count). The van der Waals surface area contributed by atoms with E-state index in [2.05, 4.69) is 27.9 Å². The first-order valence-electron chi connectivity index (χ1n) is 7.54. The number of rotatable bonds is 6. The summed E-state index contributed by atoms with van der Waals surface area (Å²) in [4.78, 5) is 26.1. The molecule has 1 saturated heterocycles. The lowest BCUT2D eigenvalue weighted by Crippen LogP contribution is -2.43. The summed E-state index contributed by atoms with van der Waals surface area (Å²) >= 11 is 2.11. The molecule has 0 radical (unpaired) electrons. The van der Waals surface area contributed by atoms with Crippen LogP contribution in [-0.4, -0.2) is 49.1 Å². The molecule has 0 saturated carbocycles. The van der Waals surface area contributed by atoms with Gasteiger partial charge in [-0.3, -0.25) is 9.59 Å². The Labute approximate surface area is 144 Å². The van der Waals surface area contributed by atoms with Crippen LogP contribution in [0.5, 0.6) is 0 Å². The molecule has 0 bridgehead atoms. The van der Waals surface area contributed by atoms with Crippen molar-refractivity contribution in [1.82, 2.24) is 10.2 Å². The number of hydrogen-bond acceptors (Lipinski definition) is 3. The number of amides is 2. The molecule has 1 aliphatic heterocycles. The molecule has 1 N–H and O–H groups in total. The molecule has 0 aromatic heterocycles. The first-order valence-corrected chi connectivity index (χ1v) is 8.61. The number of ether oxygens (including phenoxy) is 1. The lowest BCUT2D eigenvalue weighted by atomic mass is 10.2. The Balaban J connectivity index is 1.85. The van der Waals surface area contributed by atoms with Gasteiger partial charge in [0.1, 0.15) is 0 Å². The number of likely N-dealkylation sites (N-methyl/N-ethyl adjacent to an activating group) is 1. The normalized spacial score (nSPS) is 17.3. The van der Waals surface area contributed by atoms with Gasteiger partial charge in [0.2, 0.25) is 5.91 Å². The largest absolute Gasteiger partial charge is 0.376 e. The van der Waals surface area contributed by atoms with Crippen LogP contribution in [0.15, 0.2) is 24.3 Å². The van der Waals surface area contributed by atoms with E-state index in [1.54, 1.807) is 11.0 Å². The van der Waals surface area contributed by atoms with Crippen molar-refractivity contribution in [3.05, 3.63) is 33.4 Å². The van der Waals surface area contributed by atoms with Gasteiger partial charge in [-0.25, -0.2) is 0 Å². The van der Waals surface area contributed by atoms with Gasteiger partial charge < -0.3 is 15.0 Å². The van der Waals surface area contributed by atoms with Gasteiger partial charge in [-0.2, -0.15) is 0 Å². The minimum Gasteiger partial charge on any atom is -0.376 e. The minimum atomic E-state index is -0.216. The molecule has 1 aromatic rings. The van der Waals surface area contributed by atoms with Crippen LogP contribution in [0.25, 0.3) is 0 Å². The van der Waals surface area contributed by atoms with E-state index in [4.69, 9.17) is 4.74 Å². The lowest BCUT2D eigenvalue weighted by Gasteiger charge is -2.24. The topological polar surface area (TPSA) is 58.6 Å². The summed E-state index contributed by atoms with van der Waals surface area (Å²) in [6.45, 7) is 3.96. The molecule has 1 unspecified atom stereocenters. The summed E-state index contributed by atoms with van der Waals surface area (Å²) in [5.74, 6) is -0.288. The first-order chi connectivity index (χ1) is 10.6. The Morgan fingerprint density at radius 2 is 2.18 bits per heavy atom. The zero-order valence-electron chi connectivity index (χ0n) is 12.7. The maximum atomic E-state index is 12.2. The molecule has 1 heterocycles. The van der Waals surface area contributed by atoms with E-state index in [0.29, 0.717) is 18.7 Å². The van der Waals surface area contributed by atoms with E-state index in [1.165, 1.54) is 0 Å². The highest BCUT2D eigenvalue weighted by atomic mass is 127. The van der Waals surface area contributed by atoms with E-state index in [0.717, 1.165) is 23.0 Å². The zero-order valence-corrected chi connectivity index (χ0v) is 14.8. The van der Waals surface area contributed by atoms with Crippen LogP contribution in [0.1, 0.15) is 30.1 Å². The summed E-state index contributed by atoms with van der Waals surface area (Å²) in [7, 11) is 0. The summed E-state index contributed by atoms with van der Waals surface area (Å²) in [6, 6.07) is 7.32. The second-order valence-electron chi connectivity index (χ2n) is 5.23. The number of carbonyl (C=O) groups excluding carboxylic acids is 2. The summed E-state index contributed by atoms with van der Waals surface area (Å²) in [5, 5.41) is 2.70. The SMILES string of the molecule is CCN(CC1CCCO1)C(=O)CNC(=O)c1ccccc1I. The Morgan fingerprint density at radius 3 is 2.82 bits per heavy atom. The van der Waals surface area contributed by atoms with Crippen LogP contribution in [0, 0.1) is 3.57 Å². The van der Waals surface area contributed by atoms with Gasteiger partial charge in [0.15, 0.2) is 0 Å². The van der Waals surface area contributed by atoms with Crippen molar-refractivity contribution in [3.8, 4) is 0 Å². The number of nitrogens with one attached hydrogen (secondary N) is 1. The van der Waals surface area contributed by atoms with Crippen LogP contribution in [0.4, 0.5) is 0 Å². The molecule has 2 amide bonds. The Kier molecular flexibility index (Phi) is 6.63. The van der Waals surface area contributed by atoms with Crippen LogP contribution in [0.2, 0.25) is 0 Å². The highest BCUT2D eigenvalue weighted by Gasteiger charge is 2.22. The van der Waals surface area contributed by atoms with Crippen LogP contribution < -0.4 is 5.32 Å². The van der Waals surface area contributed by atoms with Gasteiger partial charge in [-0.15, -0.1) is 0 Å². The second kappa shape index (κ2) is 8.47. The van der Waals surface area contributed by atoms with E-state index in [-0.39, 0.29) is 24.5 Å². The fraction of sp³-hybridized carbons (Fsp3) is 0.500. The van der Waals surface area contributed by atoms with Gasteiger partial charge in [0.05, 0.1) is 18.2 Å². The molecule has 22 heavy (non-hydrogen) atoms. The molecule has 120 valence electrons. The molecule has 5 nitrogen and oxygen atoms in total. The van der Waals surface area contributed by atoms with Gasteiger partial charge >= 0.3 is 0 Å². The molecule has 1 fully saturated rings. The van der Waals surface area contributed by atoms with Crippen LogP contribution in [-0.2, 0) is 9.53 Å². The molecular weight excluding hydrogens is 395 g/mol. The third kappa shape index (κ3) is 4.67. The van der Waals surface area contributed by atoms with Crippen LogP contribution in [0.3, 0.4) is 0 Å². The number of benzene rings is 1. The molecule has 0 aliphatic carbocycles. The van der Waals surface area contributed by atoms with Gasteiger partial charge in [0.25, 0.3) is 5.91 Å². The summed E-state index contributed by atoms with van der Waals surface area (Å²) < 4.78 is 6.44. The fourth-order valence-electron chi connectivity index (χ4n) is 2.45. The van der Waals surface area contributed by atoms with E-state index in [9.17, 15) is 9.59 Å². The number of hydrogen-bond donors (Lipinski definition) is 1. The van der Waals surface area contributed by atoms with E-state index >= 15 is 0 Å². The van der Waals surface area contributed by atoms with Crippen molar-refractivity contribution >= 4 is 34.4 Å². The Hall–Kier alpha value is -1.15. The third-order valence-electron chi connectivity index (χ3n) is 3.70. The lowest BCUT2D eigenvalue weighted by molar-refractivity contribution is -0.131. The van der Waals surface area contributed by atoms with Crippen molar-refractivity contribution in [1.29, 1.82) is 0 Å².